The van der Waals surface area contributed by atoms with Crippen LogP contribution in [0.1, 0.15) is 26.3 Å². The molecule has 0 saturated carbocycles. The van der Waals surface area contributed by atoms with Gasteiger partial charge in [0.15, 0.2) is 0 Å². The van der Waals surface area contributed by atoms with E-state index in [2.05, 4.69) is 15.2 Å². The Kier molecular flexibility index (Phi) is 7.93. The minimum absolute atomic E-state index is 0.112. The van der Waals surface area contributed by atoms with Crippen molar-refractivity contribution in [1.29, 1.82) is 0 Å². The Morgan fingerprint density at radius 1 is 0.912 bits per heavy atom. The molecule has 6 nitrogen and oxygen atoms in total. The zero-order chi connectivity index (χ0) is 24.1. The fourth-order valence-corrected chi connectivity index (χ4v) is 4.50. The fraction of sp³-hybridized carbons (Fsp3) is 0.240. The third-order valence-corrected chi connectivity index (χ3v) is 6.43. The molecule has 34 heavy (non-hydrogen) atoms. The molecule has 1 saturated heterocycles. The maximum absolute atomic E-state index is 12.8. The van der Waals surface area contributed by atoms with Gasteiger partial charge < -0.3 is 15.1 Å². The average molecular weight is 518 g/mol. The molecule has 9 heteroatoms. The molecular weight excluding hydrogens is 495 g/mol. The highest BCUT2D eigenvalue weighted by Gasteiger charge is 2.24. The number of nitrogens with one attached hydrogen (secondary N) is 1. The van der Waals surface area contributed by atoms with Crippen LogP contribution in [0.4, 0.5) is 5.82 Å². The third kappa shape index (κ3) is 6.00. The Hall–Kier alpha value is -2.80. The van der Waals surface area contributed by atoms with Crippen LogP contribution in [0, 0.1) is 0 Å². The van der Waals surface area contributed by atoms with Gasteiger partial charge in [-0.15, -0.1) is 0 Å². The first-order valence-electron chi connectivity index (χ1n) is 10.9. The van der Waals surface area contributed by atoms with Crippen LogP contribution in [0.3, 0.4) is 0 Å². The Balaban J connectivity index is 1.28. The zero-order valence-corrected chi connectivity index (χ0v) is 20.6. The lowest BCUT2D eigenvalue weighted by Gasteiger charge is -2.35. The first-order chi connectivity index (χ1) is 16.4. The molecule has 176 valence electrons. The Morgan fingerprint density at radius 3 is 2.35 bits per heavy atom. The van der Waals surface area contributed by atoms with E-state index < -0.39 is 0 Å². The number of anilines is 1. The van der Waals surface area contributed by atoms with E-state index in [4.69, 9.17) is 34.8 Å². The van der Waals surface area contributed by atoms with Crippen LogP contribution < -0.4 is 10.2 Å². The van der Waals surface area contributed by atoms with Crippen molar-refractivity contribution in [3.63, 3.8) is 0 Å². The molecule has 0 bridgehead atoms. The second-order valence-electron chi connectivity index (χ2n) is 7.94. The topological polar surface area (TPSA) is 65.5 Å². The van der Waals surface area contributed by atoms with Gasteiger partial charge in [-0.2, -0.15) is 0 Å². The van der Waals surface area contributed by atoms with E-state index in [1.165, 1.54) is 0 Å². The number of hydrogen-bond acceptors (Lipinski definition) is 4. The monoisotopic (exact) mass is 516 g/mol. The van der Waals surface area contributed by atoms with Gasteiger partial charge in [-0.3, -0.25) is 9.59 Å². The molecule has 2 aromatic carbocycles. The van der Waals surface area contributed by atoms with Crippen molar-refractivity contribution in [2.45, 2.75) is 6.42 Å². The van der Waals surface area contributed by atoms with Crippen molar-refractivity contribution >= 4 is 52.4 Å². The molecule has 1 N–H and O–H groups in total. The fourth-order valence-electron chi connectivity index (χ4n) is 3.79. The predicted molar refractivity (Wildman–Crippen MR) is 136 cm³/mol. The Labute approximate surface area is 213 Å². The van der Waals surface area contributed by atoms with Gasteiger partial charge >= 0.3 is 0 Å². The van der Waals surface area contributed by atoms with E-state index >= 15 is 0 Å². The molecule has 2 heterocycles. The molecular formula is C25H23Cl3N4O2. The summed E-state index contributed by atoms with van der Waals surface area (Å²) in [6, 6.07) is 16.1. The van der Waals surface area contributed by atoms with E-state index in [0.717, 1.165) is 11.4 Å². The quantitative estimate of drug-likeness (QED) is 0.501. The summed E-state index contributed by atoms with van der Waals surface area (Å²) in [5.74, 6) is 0.488. The summed E-state index contributed by atoms with van der Waals surface area (Å²) in [7, 11) is 0. The molecule has 3 aromatic rings. The molecule has 0 aliphatic carbocycles. The van der Waals surface area contributed by atoms with Gasteiger partial charge in [-0.25, -0.2) is 4.98 Å². The second kappa shape index (κ2) is 11.1. The van der Waals surface area contributed by atoms with Crippen LogP contribution in [0.25, 0.3) is 0 Å². The van der Waals surface area contributed by atoms with Gasteiger partial charge in [0.25, 0.3) is 11.8 Å². The van der Waals surface area contributed by atoms with Crippen molar-refractivity contribution in [3.8, 4) is 0 Å². The van der Waals surface area contributed by atoms with E-state index in [1.54, 1.807) is 35.4 Å². The van der Waals surface area contributed by atoms with E-state index in [9.17, 15) is 9.59 Å². The number of piperazine rings is 1. The molecule has 2 amide bonds. The van der Waals surface area contributed by atoms with E-state index in [1.807, 2.05) is 30.3 Å². The molecule has 1 aliphatic rings. The van der Waals surface area contributed by atoms with Crippen LogP contribution in [0.5, 0.6) is 0 Å². The lowest BCUT2D eigenvalue weighted by Crippen LogP contribution is -2.49. The molecule has 1 aromatic heterocycles. The summed E-state index contributed by atoms with van der Waals surface area (Å²) >= 11 is 18.1. The van der Waals surface area contributed by atoms with Crippen LogP contribution in [-0.4, -0.2) is 54.4 Å². The molecule has 0 unspecified atom stereocenters. The van der Waals surface area contributed by atoms with E-state index in [0.29, 0.717) is 65.3 Å². The van der Waals surface area contributed by atoms with Crippen molar-refractivity contribution in [2.24, 2.45) is 0 Å². The summed E-state index contributed by atoms with van der Waals surface area (Å²) in [5, 5.41) is 4.44. The van der Waals surface area contributed by atoms with Gasteiger partial charge in [0, 0.05) is 49.0 Å². The second-order valence-corrected chi connectivity index (χ2v) is 9.22. The zero-order valence-electron chi connectivity index (χ0n) is 18.3. The maximum atomic E-state index is 12.8. The lowest BCUT2D eigenvalue weighted by molar-refractivity contribution is 0.0746. The van der Waals surface area contributed by atoms with Crippen molar-refractivity contribution in [2.75, 3.05) is 37.6 Å². The minimum atomic E-state index is -0.170. The number of halogens is 3. The highest BCUT2D eigenvalue weighted by Crippen LogP contribution is 2.23. The van der Waals surface area contributed by atoms with Gasteiger partial charge in [-0.05, 0) is 54.4 Å². The van der Waals surface area contributed by atoms with Crippen LogP contribution in [0.2, 0.25) is 15.1 Å². The van der Waals surface area contributed by atoms with Crippen LogP contribution in [-0.2, 0) is 6.42 Å². The lowest BCUT2D eigenvalue weighted by atomic mass is 10.1. The Bertz CT molecular complexity index is 1180. The number of benzene rings is 2. The van der Waals surface area contributed by atoms with Crippen molar-refractivity contribution < 1.29 is 9.59 Å². The number of aromatic nitrogens is 1. The average Bonchev–Trinajstić information content (AvgIpc) is 2.84. The summed E-state index contributed by atoms with van der Waals surface area (Å²) in [5.41, 5.74) is 2.02. The normalized spacial score (nSPS) is 13.6. The highest BCUT2D eigenvalue weighted by atomic mass is 35.5. The van der Waals surface area contributed by atoms with Crippen LogP contribution in [0.15, 0.2) is 60.8 Å². The molecule has 1 fully saturated rings. The largest absolute Gasteiger partial charge is 0.353 e. The molecule has 1 aliphatic heterocycles. The molecule has 0 spiro atoms. The summed E-state index contributed by atoms with van der Waals surface area (Å²) in [6.07, 6.45) is 2.27. The van der Waals surface area contributed by atoms with Crippen molar-refractivity contribution in [3.05, 3.63) is 92.6 Å². The van der Waals surface area contributed by atoms with Gasteiger partial charge in [0.2, 0.25) is 0 Å². The van der Waals surface area contributed by atoms with E-state index in [-0.39, 0.29) is 11.8 Å². The number of hydrogen-bond donors (Lipinski definition) is 1. The first-order valence-corrected chi connectivity index (χ1v) is 12.0. The number of rotatable bonds is 6. The summed E-state index contributed by atoms with van der Waals surface area (Å²) in [4.78, 5) is 33.6. The third-order valence-electron chi connectivity index (χ3n) is 5.65. The Morgan fingerprint density at radius 2 is 1.68 bits per heavy atom. The number of pyridine rings is 1. The number of nitrogens with zero attached hydrogens (tertiary/aromatic N) is 3. The van der Waals surface area contributed by atoms with Crippen molar-refractivity contribution in [1.82, 2.24) is 15.2 Å². The number of carbonyl (C=O) groups is 2. The smallest absolute Gasteiger partial charge is 0.255 e. The van der Waals surface area contributed by atoms with Gasteiger partial charge in [0.1, 0.15) is 5.82 Å². The first kappa shape index (κ1) is 24.3. The molecule has 0 atom stereocenters. The SMILES string of the molecule is O=C(NCCc1cccc(Cl)c1)c1ccc(N2CCN(C(=O)c3ccc(Cl)cc3Cl)CC2)nc1. The number of carbonyl (C=O) groups excluding carboxylic acids is 2. The summed E-state index contributed by atoms with van der Waals surface area (Å²) < 4.78 is 0. The van der Waals surface area contributed by atoms with Crippen LogP contribution >= 0.6 is 34.8 Å². The standard InChI is InChI=1S/C25H23Cl3N4O2/c26-19-3-1-2-17(14-19)8-9-29-24(33)18-4-7-23(30-16-18)31-10-12-32(13-11-31)25(34)21-6-5-20(27)15-22(21)28/h1-7,14-16H,8-13H2,(H,29,33). The number of amides is 2. The maximum Gasteiger partial charge on any atom is 0.255 e. The van der Waals surface area contributed by atoms with Gasteiger partial charge in [-0.1, -0.05) is 46.9 Å². The minimum Gasteiger partial charge on any atom is -0.353 e. The summed E-state index contributed by atoms with van der Waals surface area (Å²) in [6.45, 7) is 2.87. The predicted octanol–water partition coefficient (Wildman–Crippen LogP) is 4.98. The highest BCUT2D eigenvalue weighted by molar-refractivity contribution is 6.36. The van der Waals surface area contributed by atoms with Gasteiger partial charge in [0.05, 0.1) is 16.1 Å². The molecule has 4 rings (SSSR count). The molecule has 0 radical (unpaired) electrons.